The fraction of sp³-hybridized carbons (Fsp3) is 0.250. The van der Waals surface area contributed by atoms with E-state index in [2.05, 4.69) is 0 Å². The number of benzene rings is 2. The van der Waals surface area contributed by atoms with Crippen LogP contribution in [0.25, 0.3) is 0 Å². The van der Waals surface area contributed by atoms with E-state index >= 15 is 0 Å². The largest absolute Gasteiger partial charge is 0.341 e. The van der Waals surface area contributed by atoms with Crippen LogP contribution < -0.4 is 0 Å². The summed E-state index contributed by atoms with van der Waals surface area (Å²) < 4.78 is 0. The molecule has 2 aromatic carbocycles. The molecule has 0 heterocycles. The molecule has 0 amide bonds. The molecule has 24 heavy (non-hydrogen) atoms. The molecular formula is C16H18Cl6Si2. The molecule has 2 rings (SSSR count). The lowest BCUT2D eigenvalue weighted by Crippen LogP contribution is -2.09. The minimum atomic E-state index is -2.42. The number of hydrogen-bond acceptors (Lipinski definition) is 0. The van der Waals surface area contributed by atoms with Gasteiger partial charge in [0.2, 0.25) is 0 Å². The van der Waals surface area contributed by atoms with Gasteiger partial charge in [-0.2, -0.15) is 0 Å². The molecule has 0 aromatic heterocycles. The van der Waals surface area contributed by atoms with Crippen LogP contribution in [-0.2, 0) is 12.8 Å². The average Bonchev–Trinajstić information content (AvgIpc) is 2.52. The second-order valence-corrected chi connectivity index (χ2v) is 23.8. The van der Waals surface area contributed by atoms with Crippen LogP contribution in [0.5, 0.6) is 0 Å². The highest BCUT2D eigenvalue weighted by molar-refractivity contribution is 7.65. The van der Waals surface area contributed by atoms with Gasteiger partial charge in [0, 0.05) is 0 Å². The van der Waals surface area contributed by atoms with Crippen molar-refractivity contribution in [2.45, 2.75) is 24.9 Å². The van der Waals surface area contributed by atoms with Gasteiger partial charge in [0.1, 0.15) is 0 Å². The van der Waals surface area contributed by atoms with E-state index in [1.54, 1.807) is 0 Å². The molecule has 0 atom stereocenters. The molecule has 2 aromatic rings. The summed E-state index contributed by atoms with van der Waals surface area (Å²) in [5.41, 5.74) is 2.47. The van der Waals surface area contributed by atoms with Gasteiger partial charge in [-0.3, -0.25) is 0 Å². The van der Waals surface area contributed by atoms with E-state index in [0.29, 0.717) is 12.1 Å². The summed E-state index contributed by atoms with van der Waals surface area (Å²) in [5.74, 6) is 0. The van der Waals surface area contributed by atoms with Crippen molar-refractivity contribution in [1.29, 1.82) is 0 Å². The van der Waals surface area contributed by atoms with Gasteiger partial charge < -0.3 is 0 Å². The minimum Gasteiger partial charge on any atom is -0.126 e. The molecule has 0 nitrogen and oxygen atoms in total. The Kier molecular flexibility index (Phi) is 10.7. The molecule has 0 fully saturated rings. The Morgan fingerprint density at radius 3 is 1.04 bits per heavy atom. The second kappa shape index (κ2) is 11.4. The standard InChI is InChI=1S/2C8H9Cl3Si/c2*9-12(10,11)7-6-8-4-2-1-3-5-8/h2*1-5H,6-7H2. The molecule has 0 radical (unpaired) electrons. The van der Waals surface area contributed by atoms with Crippen LogP contribution in [-0.4, -0.2) is 12.0 Å². The summed E-state index contributed by atoms with van der Waals surface area (Å²) in [4.78, 5) is 0. The van der Waals surface area contributed by atoms with Crippen molar-refractivity contribution in [2.24, 2.45) is 0 Å². The number of rotatable bonds is 6. The van der Waals surface area contributed by atoms with E-state index in [1.807, 2.05) is 60.7 Å². The topological polar surface area (TPSA) is 0 Å². The highest BCUT2D eigenvalue weighted by atomic mass is 35.8. The van der Waals surface area contributed by atoms with Crippen LogP contribution in [0.4, 0.5) is 0 Å². The molecule has 0 N–H and O–H groups in total. The molecular weight excluding hydrogens is 461 g/mol. The Morgan fingerprint density at radius 1 is 0.500 bits per heavy atom. The lowest BCUT2D eigenvalue weighted by molar-refractivity contribution is 1.12. The predicted octanol–water partition coefficient (Wildman–Crippen LogP) is 7.77. The second-order valence-electron chi connectivity index (χ2n) is 5.20. The monoisotopic (exact) mass is 476 g/mol. The van der Waals surface area contributed by atoms with Crippen molar-refractivity contribution >= 4 is 78.5 Å². The van der Waals surface area contributed by atoms with Crippen molar-refractivity contribution < 1.29 is 0 Å². The molecule has 0 spiro atoms. The summed E-state index contributed by atoms with van der Waals surface area (Å²) in [6.45, 7) is 0. The molecule has 0 saturated heterocycles. The van der Waals surface area contributed by atoms with Crippen LogP contribution in [0.15, 0.2) is 60.7 Å². The fourth-order valence-electron chi connectivity index (χ4n) is 1.86. The third kappa shape index (κ3) is 12.9. The van der Waals surface area contributed by atoms with E-state index in [0.717, 1.165) is 12.8 Å². The predicted molar refractivity (Wildman–Crippen MR) is 117 cm³/mol. The maximum absolute atomic E-state index is 5.75. The molecule has 0 aliphatic heterocycles. The molecule has 132 valence electrons. The third-order valence-corrected chi connectivity index (χ3v) is 8.12. The van der Waals surface area contributed by atoms with Crippen LogP contribution in [0.1, 0.15) is 11.1 Å². The average molecular weight is 479 g/mol. The zero-order valence-electron chi connectivity index (χ0n) is 12.9. The van der Waals surface area contributed by atoms with E-state index in [-0.39, 0.29) is 0 Å². The molecule has 0 aliphatic carbocycles. The lowest BCUT2D eigenvalue weighted by Gasteiger charge is -2.06. The third-order valence-electron chi connectivity index (χ3n) is 3.08. The highest BCUT2D eigenvalue weighted by Crippen LogP contribution is 2.27. The van der Waals surface area contributed by atoms with Crippen molar-refractivity contribution in [3.05, 3.63) is 71.8 Å². The lowest BCUT2D eigenvalue weighted by atomic mass is 10.2. The van der Waals surface area contributed by atoms with E-state index < -0.39 is 12.0 Å². The fourth-order valence-corrected chi connectivity index (χ4v) is 4.71. The van der Waals surface area contributed by atoms with Gasteiger partial charge in [0.15, 0.2) is 0 Å². The SMILES string of the molecule is Cl[Si](Cl)(Cl)CCc1ccccc1.Cl[Si](Cl)(Cl)CCc1ccccc1. The minimum absolute atomic E-state index is 0.696. The Bertz CT molecular complexity index is 513. The Labute approximate surface area is 174 Å². The Hall–Kier alpha value is 0.614. The summed E-state index contributed by atoms with van der Waals surface area (Å²) in [6, 6.07) is 16.7. The van der Waals surface area contributed by atoms with Gasteiger partial charge in [-0.05, 0) is 36.1 Å². The maximum Gasteiger partial charge on any atom is 0.341 e. The quantitative estimate of drug-likeness (QED) is 0.294. The molecule has 0 aliphatic rings. The van der Waals surface area contributed by atoms with Gasteiger partial charge in [-0.15, -0.1) is 66.5 Å². The van der Waals surface area contributed by atoms with Gasteiger partial charge in [0.05, 0.1) is 0 Å². The molecule has 0 bridgehead atoms. The van der Waals surface area contributed by atoms with Crippen LogP contribution in [0, 0.1) is 0 Å². The highest BCUT2D eigenvalue weighted by Gasteiger charge is 2.24. The molecule has 8 heteroatoms. The van der Waals surface area contributed by atoms with Crippen molar-refractivity contribution in [1.82, 2.24) is 0 Å². The zero-order valence-corrected chi connectivity index (χ0v) is 19.4. The maximum atomic E-state index is 5.75. The number of halogens is 6. The van der Waals surface area contributed by atoms with Crippen molar-refractivity contribution in [3.63, 3.8) is 0 Å². The summed E-state index contributed by atoms with van der Waals surface area (Å²) in [7, 11) is 0. The van der Waals surface area contributed by atoms with Crippen LogP contribution >= 0.6 is 66.5 Å². The van der Waals surface area contributed by atoms with Crippen LogP contribution in [0.2, 0.25) is 12.1 Å². The summed E-state index contributed by atoms with van der Waals surface area (Å²) >= 11 is 34.5. The van der Waals surface area contributed by atoms with Gasteiger partial charge >= 0.3 is 12.0 Å². The van der Waals surface area contributed by atoms with E-state index in [1.165, 1.54) is 11.1 Å². The summed E-state index contributed by atoms with van der Waals surface area (Å²) in [6.07, 6.45) is 1.73. The van der Waals surface area contributed by atoms with Gasteiger partial charge in [-0.1, -0.05) is 60.7 Å². The van der Waals surface area contributed by atoms with Crippen LogP contribution in [0.3, 0.4) is 0 Å². The first-order valence-electron chi connectivity index (χ1n) is 7.37. The van der Waals surface area contributed by atoms with Gasteiger partial charge in [0.25, 0.3) is 0 Å². The zero-order chi connectivity index (χ0) is 18.1. The van der Waals surface area contributed by atoms with E-state index in [4.69, 9.17) is 66.5 Å². The summed E-state index contributed by atoms with van der Waals surface area (Å²) in [5, 5.41) is 0. The van der Waals surface area contributed by atoms with E-state index in [9.17, 15) is 0 Å². The number of aryl methyl sites for hydroxylation is 2. The smallest absolute Gasteiger partial charge is 0.126 e. The number of hydrogen-bond donors (Lipinski definition) is 0. The Balaban J connectivity index is 0.000000240. The van der Waals surface area contributed by atoms with Gasteiger partial charge in [-0.25, -0.2) is 0 Å². The van der Waals surface area contributed by atoms with Crippen molar-refractivity contribution in [2.75, 3.05) is 0 Å². The molecule has 0 unspecified atom stereocenters. The first-order chi connectivity index (χ1) is 11.2. The molecule has 0 saturated carbocycles. The first kappa shape index (κ1) is 22.7. The Morgan fingerprint density at radius 2 is 0.792 bits per heavy atom. The normalized spacial score (nSPS) is 11.6. The first-order valence-corrected chi connectivity index (χ1v) is 17.9. The van der Waals surface area contributed by atoms with Crippen molar-refractivity contribution in [3.8, 4) is 0 Å².